The highest BCUT2D eigenvalue weighted by atomic mass is 16.4. The highest BCUT2D eigenvalue weighted by Crippen LogP contribution is 2.15. The van der Waals surface area contributed by atoms with Crippen LogP contribution >= 0.6 is 0 Å². The van der Waals surface area contributed by atoms with Crippen molar-refractivity contribution < 1.29 is 9.21 Å². The summed E-state index contributed by atoms with van der Waals surface area (Å²) in [6, 6.07) is 4.71. The van der Waals surface area contributed by atoms with Crippen LogP contribution in [0.5, 0.6) is 0 Å². The first kappa shape index (κ1) is 13.2. The lowest BCUT2D eigenvalue weighted by Gasteiger charge is -2.08. The van der Waals surface area contributed by atoms with Gasteiger partial charge in [0.1, 0.15) is 0 Å². The number of aromatic nitrogens is 1. The second-order valence-electron chi connectivity index (χ2n) is 4.79. The van der Waals surface area contributed by atoms with Crippen molar-refractivity contribution in [3.63, 3.8) is 0 Å². The molecular weight excluding hydrogens is 246 g/mol. The molecule has 0 radical (unpaired) electrons. The topological polar surface area (TPSA) is 87.1 Å². The van der Waals surface area contributed by atoms with Crippen LogP contribution in [0.2, 0.25) is 0 Å². The van der Waals surface area contributed by atoms with E-state index in [1.165, 1.54) is 0 Å². The number of carbonyl (C=O) groups is 1. The molecule has 0 bridgehead atoms. The Labute approximate surface area is 110 Å². The van der Waals surface area contributed by atoms with E-state index in [2.05, 4.69) is 29.5 Å². The molecule has 19 heavy (non-hydrogen) atoms. The summed E-state index contributed by atoms with van der Waals surface area (Å²) in [6.07, 6.45) is 0.932. The average molecular weight is 263 g/mol. The van der Waals surface area contributed by atoms with Crippen molar-refractivity contribution in [2.24, 2.45) is 5.92 Å². The fourth-order valence-electron chi connectivity index (χ4n) is 1.68. The fraction of sp³-hybridized carbons (Fsp3) is 0.385. The van der Waals surface area contributed by atoms with Crippen molar-refractivity contribution in [2.75, 3.05) is 11.9 Å². The van der Waals surface area contributed by atoms with E-state index in [1.807, 2.05) is 0 Å². The molecule has 6 heteroatoms. The van der Waals surface area contributed by atoms with E-state index in [0.29, 0.717) is 29.2 Å². The normalized spacial score (nSPS) is 10.9. The molecule has 0 fully saturated rings. The largest absolute Gasteiger partial charge is 0.417 e. The van der Waals surface area contributed by atoms with Crippen LogP contribution in [0.25, 0.3) is 11.1 Å². The number of H-pyrrole nitrogens is 1. The van der Waals surface area contributed by atoms with Crippen molar-refractivity contribution in [3.05, 3.63) is 28.7 Å². The SMILES string of the molecule is CC(C)CCNC(=O)Nc1ccc2oc(=O)[nH]c2c1. The zero-order chi connectivity index (χ0) is 13.8. The molecule has 2 rings (SSSR count). The second-order valence-corrected chi connectivity index (χ2v) is 4.79. The Bertz CT molecular complexity index is 627. The van der Waals surface area contributed by atoms with Gasteiger partial charge >= 0.3 is 11.8 Å². The van der Waals surface area contributed by atoms with Gasteiger partial charge in [0.25, 0.3) is 0 Å². The van der Waals surface area contributed by atoms with Gasteiger partial charge in [-0.15, -0.1) is 0 Å². The maximum atomic E-state index is 11.6. The van der Waals surface area contributed by atoms with Crippen LogP contribution in [0.3, 0.4) is 0 Å². The third-order valence-corrected chi connectivity index (χ3v) is 2.68. The molecule has 2 aromatic rings. The minimum absolute atomic E-state index is 0.258. The van der Waals surface area contributed by atoms with Crippen LogP contribution in [-0.2, 0) is 0 Å². The highest BCUT2D eigenvalue weighted by molar-refractivity contribution is 5.91. The maximum absolute atomic E-state index is 11.6. The first-order chi connectivity index (χ1) is 9.04. The zero-order valence-electron chi connectivity index (χ0n) is 10.9. The van der Waals surface area contributed by atoms with Gasteiger partial charge < -0.3 is 15.1 Å². The molecule has 102 valence electrons. The van der Waals surface area contributed by atoms with Gasteiger partial charge in [0.05, 0.1) is 5.52 Å². The van der Waals surface area contributed by atoms with Crippen molar-refractivity contribution in [3.8, 4) is 0 Å². The van der Waals surface area contributed by atoms with Crippen LogP contribution < -0.4 is 16.4 Å². The summed E-state index contributed by atoms with van der Waals surface area (Å²) in [5.41, 5.74) is 1.63. The molecule has 0 aliphatic rings. The molecule has 0 aliphatic heterocycles. The van der Waals surface area contributed by atoms with Crippen molar-refractivity contribution in [2.45, 2.75) is 20.3 Å². The number of fused-ring (bicyclic) bond motifs is 1. The summed E-state index contributed by atoms with van der Waals surface area (Å²) in [4.78, 5) is 25.2. The van der Waals surface area contributed by atoms with Crippen LogP contribution in [-0.4, -0.2) is 17.6 Å². The van der Waals surface area contributed by atoms with Crippen LogP contribution in [0.15, 0.2) is 27.4 Å². The first-order valence-electron chi connectivity index (χ1n) is 6.22. The van der Waals surface area contributed by atoms with Crippen molar-refractivity contribution in [1.82, 2.24) is 10.3 Å². The summed E-state index contributed by atoms with van der Waals surface area (Å²) in [5, 5.41) is 5.47. The Morgan fingerprint density at radius 3 is 2.95 bits per heavy atom. The molecule has 1 aromatic heterocycles. The van der Waals surface area contributed by atoms with E-state index in [-0.39, 0.29) is 6.03 Å². The van der Waals surface area contributed by atoms with E-state index in [4.69, 9.17) is 4.42 Å². The van der Waals surface area contributed by atoms with Crippen molar-refractivity contribution in [1.29, 1.82) is 0 Å². The Morgan fingerprint density at radius 2 is 2.21 bits per heavy atom. The number of nitrogens with one attached hydrogen (secondary N) is 3. The number of carbonyl (C=O) groups excluding carboxylic acids is 1. The molecule has 0 spiro atoms. The number of benzene rings is 1. The number of anilines is 1. The smallest absolute Gasteiger partial charge is 0.408 e. The highest BCUT2D eigenvalue weighted by Gasteiger charge is 2.05. The molecule has 0 saturated heterocycles. The Hall–Kier alpha value is -2.24. The fourth-order valence-corrected chi connectivity index (χ4v) is 1.68. The summed E-state index contributed by atoms with van der Waals surface area (Å²) in [7, 11) is 0. The summed E-state index contributed by atoms with van der Waals surface area (Å²) < 4.78 is 4.88. The van der Waals surface area contributed by atoms with Crippen LogP contribution in [0.1, 0.15) is 20.3 Å². The molecular formula is C13H17N3O3. The molecule has 6 nitrogen and oxygen atoms in total. The number of hydrogen-bond donors (Lipinski definition) is 3. The van der Waals surface area contributed by atoms with Gasteiger partial charge in [0.2, 0.25) is 0 Å². The second kappa shape index (κ2) is 5.60. The quantitative estimate of drug-likeness (QED) is 0.790. The van der Waals surface area contributed by atoms with Crippen LogP contribution in [0.4, 0.5) is 10.5 Å². The minimum Gasteiger partial charge on any atom is -0.408 e. The van der Waals surface area contributed by atoms with Gasteiger partial charge in [-0.3, -0.25) is 4.98 Å². The molecule has 0 aliphatic carbocycles. The summed E-state index contributed by atoms with van der Waals surface area (Å²) in [6.45, 7) is 4.83. The number of rotatable bonds is 4. The standard InChI is InChI=1S/C13H17N3O3/c1-8(2)5-6-14-12(17)15-9-3-4-11-10(7-9)16-13(18)19-11/h3-4,7-8H,5-6H2,1-2H3,(H,16,18)(H2,14,15,17). The third kappa shape index (κ3) is 3.61. The molecule has 1 heterocycles. The summed E-state index contributed by atoms with van der Waals surface area (Å²) >= 11 is 0. The minimum atomic E-state index is -0.506. The van der Waals surface area contributed by atoms with E-state index in [1.54, 1.807) is 18.2 Å². The lowest BCUT2D eigenvalue weighted by atomic mass is 10.1. The Kier molecular flexibility index (Phi) is 3.89. The molecule has 0 atom stereocenters. The summed E-state index contributed by atoms with van der Waals surface area (Å²) in [5.74, 6) is 0.0428. The monoisotopic (exact) mass is 263 g/mol. The first-order valence-corrected chi connectivity index (χ1v) is 6.22. The van der Waals surface area contributed by atoms with E-state index >= 15 is 0 Å². The van der Waals surface area contributed by atoms with Gasteiger partial charge in [0, 0.05) is 12.2 Å². The predicted octanol–water partition coefficient (Wildman–Crippen LogP) is 2.29. The van der Waals surface area contributed by atoms with E-state index < -0.39 is 5.76 Å². The van der Waals surface area contributed by atoms with E-state index in [0.717, 1.165) is 6.42 Å². The molecule has 1 aromatic carbocycles. The molecule has 0 saturated carbocycles. The third-order valence-electron chi connectivity index (χ3n) is 2.68. The number of aromatic amines is 1. The lowest BCUT2D eigenvalue weighted by Crippen LogP contribution is -2.30. The molecule has 0 unspecified atom stereocenters. The van der Waals surface area contributed by atoms with Crippen LogP contribution in [0, 0.1) is 5.92 Å². The van der Waals surface area contributed by atoms with Gasteiger partial charge in [-0.05, 0) is 30.5 Å². The van der Waals surface area contributed by atoms with E-state index in [9.17, 15) is 9.59 Å². The Morgan fingerprint density at radius 1 is 1.42 bits per heavy atom. The lowest BCUT2D eigenvalue weighted by molar-refractivity contribution is 0.251. The van der Waals surface area contributed by atoms with Gasteiger partial charge in [-0.25, -0.2) is 9.59 Å². The number of hydrogen-bond acceptors (Lipinski definition) is 3. The van der Waals surface area contributed by atoms with Gasteiger partial charge in [-0.2, -0.15) is 0 Å². The number of amides is 2. The predicted molar refractivity (Wildman–Crippen MR) is 73.3 cm³/mol. The van der Waals surface area contributed by atoms with Gasteiger partial charge in [0.15, 0.2) is 5.58 Å². The molecule has 3 N–H and O–H groups in total. The number of urea groups is 1. The average Bonchev–Trinajstić information content (AvgIpc) is 2.67. The van der Waals surface area contributed by atoms with Crippen molar-refractivity contribution >= 4 is 22.8 Å². The maximum Gasteiger partial charge on any atom is 0.417 e. The Balaban J connectivity index is 1.96. The zero-order valence-corrected chi connectivity index (χ0v) is 10.9. The van der Waals surface area contributed by atoms with Gasteiger partial charge in [-0.1, -0.05) is 13.8 Å². The molecule has 2 amide bonds. The number of oxazole rings is 1.